The number of aryl methyl sites for hydroxylation is 1. The van der Waals surface area contributed by atoms with Crippen molar-refractivity contribution in [3.05, 3.63) is 34.9 Å². The zero-order valence-corrected chi connectivity index (χ0v) is 20.0. The van der Waals surface area contributed by atoms with Gasteiger partial charge in [0.2, 0.25) is 0 Å². The van der Waals surface area contributed by atoms with Crippen molar-refractivity contribution in [3.8, 4) is 0 Å². The molecule has 0 saturated heterocycles. The summed E-state index contributed by atoms with van der Waals surface area (Å²) >= 11 is 0. The smallest absolute Gasteiger partial charge is 0.306 e. The molecule has 2 aliphatic rings. The Morgan fingerprint density at radius 3 is 2.32 bits per heavy atom. The number of carbonyl (C=O) groups is 6. The van der Waals surface area contributed by atoms with E-state index in [9.17, 15) is 28.8 Å². The Hall–Kier alpha value is -3.16. The van der Waals surface area contributed by atoms with Gasteiger partial charge in [-0.05, 0) is 64.2 Å². The molecule has 1 aliphatic carbocycles. The van der Waals surface area contributed by atoms with Crippen molar-refractivity contribution in [1.82, 2.24) is 4.90 Å². The second-order valence-corrected chi connectivity index (χ2v) is 9.93. The van der Waals surface area contributed by atoms with Gasteiger partial charge in [0.25, 0.3) is 11.8 Å². The SMILES string of the molecule is CC(C)(C)OC(=O)CCCCC(=O)CCc1ccc2c(c1)C(=O)N(C1CCC(=O)CC1=O)C2=O. The van der Waals surface area contributed by atoms with Crippen LogP contribution in [0, 0.1) is 0 Å². The Balaban J connectivity index is 1.50. The Kier molecular flexibility index (Phi) is 7.79. The summed E-state index contributed by atoms with van der Waals surface area (Å²) in [6.07, 6.45) is 2.63. The fourth-order valence-electron chi connectivity index (χ4n) is 4.27. The third kappa shape index (κ3) is 6.24. The van der Waals surface area contributed by atoms with Gasteiger partial charge in [-0.15, -0.1) is 0 Å². The second kappa shape index (κ2) is 10.4. The molecule has 8 heteroatoms. The first-order valence-electron chi connectivity index (χ1n) is 11.7. The van der Waals surface area contributed by atoms with Crippen LogP contribution < -0.4 is 0 Å². The first kappa shape index (κ1) is 25.5. The van der Waals surface area contributed by atoms with Gasteiger partial charge >= 0.3 is 5.97 Å². The molecule has 1 heterocycles. The van der Waals surface area contributed by atoms with E-state index in [0.717, 1.165) is 10.5 Å². The monoisotopic (exact) mass is 469 g/mol. The molecule has 8 nitrogen and oxygen atoms in total. The number of imide groups is 1. The van der Waals surface area contributed by atoms with Crippen LogP contribution in [0.4, 0.5) is 0 Å². The molecule has 0 N–H and O–H groups in total. The van der Waals surface area contributed by atoms with E-state index in [2.05, 4.69) is 0 Å². The zero-order chi connectivity index (χ0) is 25.0. The summed E-state index contributed by atoms with van der Waals surface area (Å²) in [7, 11) is 0. The number of hydrogen-bond donors (Lipinski definition) is 0. The molecule has 0 spiro atoms. The number of esters is 1. The highest BCUT2D eigenvalue weighted by atomic mass is 16.6. The van der Waals surface area contributed by atoms with Gasteiger partial charge in [0.1, 0.15) is 17.2 Å². The van der Waals surface area contributed by atoms with E-state index in [4.69, 9.17) is 4.74 Å². The van der Waals surface area contributed by atoms with E-state index >= 15 is 0 Å². The lowest BCUT2D eigenvalue weighted by atomic mass is 9.92. The number of nitrogens with zero attached hydrogens (tertiary/aromatic N) is 1. The lowest BCUT2D eigenvalue weighted by molar-refractivity contribution is -0.155. The molecule has 182 valence electrons. The van der Waals surface area contributed by atoms with E-state index in [1.54, 1.807) is 18.2 Å². The van der Waals surface area contributed by atoms with Crippen molar-refractivity contribution in [1.29, 1.82) is 0 Å². The summed E-state index contributed by atoms with van der Waals surface area (Å²) in [5.74, 6) is -1.82. The molecule has 3 rings (SSSR count). The van der Waals surface area contributed by atoms with E-state index in [1.807, 2.05) is 20.8 Å². The van der Waals surface area contributed by atoms with Crippen LogP contribution in [0.15, 0.2) is 18.2 Å². The van der Waals surface area contributed by atoms with Crippen molar-refractivity contribution < 1.29 is 33.5 Å². The number of fused-ring (bicyclic) bond motifs is 1. The van der Waals surface area contributed by atoms with Gasteiger partial charge in [-0.2, -0.15) is 0 Å². The Morgan fingerprint density at radius 1 is 0.971 bits per heavy atom. The van der Waals surface area contributed by atoms with Crippen LogP contribution in [-0.2, 0) is 30.3 Å². The minimum absolute atomic E-state index is 0.0613. The highest BCUT2D eigenvalue weighted by Crippen LogP contribution is 2.30. The number of ether oxygens (including phenoxy) is 1. The van der Waals surface area contributed by atoms with Crippen LogP contribution in [0.25, 0.3) is 0 Å². The lowest BCUT2D eigenvalue weighted by Crippen LogP contribution is -2.47. The summed E-state index contributed by atoms with van der Waals surface area (Å²) in [6, 6.07) is 4.00. The first-order chi connectivity index (χ1) is 16.0. The van der Waals surface area contributed by atoms with Crippen LogP contribution in [0.5, 0.6) is 0 Å². The van der Waals surface area contributed by atoms with Crippen LogP contribution in [0.3, 0.4) is 0 Å². The van der Waals surface area contributed by atoms with Gasteiger partial charge < -0.3 is 4.74 Å². The van der Waals surface area contributed by atoms with E-state index in [-0.39, 0.29) is 54.3 Å². The molecule has 0 bridgehead atoms. The van der Waals surface area contributed by atoms with Crippen LogP contribution in [-0.4, -0.2) is 51.7 Å². The molecular formula is C26H31NO7. The molecule has 34 heavy (non-hydrogen) atoms. The van der Waals surface area contributed by atoms with Crippen molar-refractivity contribution in [2.24, 2.45) is 0 Å². The molecule has 1 unspecified atom stereocenters. The summed E-state index contributed by atoms with van der Waals surface area (Å²) in [6.45, 7) is 5.43. The summed E-state index contributed by atoms with van der Waals surface area (Å²) < 4.78 is 5.25. The average Bonchev–Trinajstić information content (AvgIpc) is 2.98. The number of amides is 2. The minimum Gasteiger partial charge on any atom is -0.460 e. The Morgan fingerprint density at radius 2 is 1.65 bits per heavy atom. The fourth-order valence-corrected chi connectivity index (χ4v) is 4.27. The topological polar surface area (TPSA) is 115 Å². The zero-order valence-electron chi connectivity index (χ0n) is 20.0. The maximum Gasteiger partial charge on any atom is 0.306 e. The van der Waals surface area contributed by atoms with E-state index < -0.39 is 29.2 Å². The maximum atomic E-state index is 12.9. The minimum atomic E-state index is -0.893. The van der Waals surface area contributed by atoms with Gasteiger partial charge in [0.05, 0.1) is 23.6 Å². The molecule has 1 aromatic rings. The highest BCUT2D eigenvalue weighted by molar-refractivity contribution is 6.23. The Bertz CT molecular complexity index is 1030. The van der Waals surface area contributed by atoms with Crippen molar-refractivity contribution >= 4 is 35.1 Å². The number of carbonyl (C=O) groups excluding carboxylic acids is 6. The molecule has 1 aliphatic heterocycles. The summed E-state index contributed by atoms with van der Waals surface area (Å²) in [5.41, 5.74) is 0.717. The largest absolute Gasteiger partial charge is 0.460 e. The second-order valence-electron chi connectivity index (χ2n) is 9.93. The normalized spacial score (nSPS) is 18.3. The van der Waals surface area contributed by atoms with Gasteiger partial charge in [-0.1, -0.05) is 6.07 Å². The third-order valence-electron chi connectivity index (χ3n) is 5.93. The van der Waals surface area contributed by atoms with Crippen LogP contribution >= 0.6 is 0 Å². The van der Waals surface area contributed by atoms with Crippen LogP contribution in [0.2, 0.25) is 0 Å². The molecule has 1 atom stereocenters. The predicted octanol–water partition coefficient (Wildman–Crippen LogP) is 3.38. The third-order valence-corrected chi connectivity index (χ3v) is 5.93. The molecule has 0 aromatic heterocycles. The highest BCUT2D eigenvalue weighted by Gasteiger charge is 2.44. The molecule has 1 saturated carbocycles. The van der Waals surface area contributed by atoms with E-state index in [0.29, 0.717) is 32.1 Å². The predicted molar refractivity (Wildman–Crippen MR) is 122 cm³/mol. The van der Waals surface area contributed by atoms with Crippen LogP contribution in [0.1, 0.15) is 98.4 Å². The molecular weight excluding hydrogens is 438 g/mol. The molecule has 0 radical (unpaired) electrons. The molecule has 1 fully saturated rings. The van der Waals surface area contributed by atoms with Gasteiger partial charge in [-0.25, -0.2) is 0 Å². The first-order valence-corrected chi connectivity index (χ1v) is 11.7. The average molecular weight is 470 g/mol. The standard InChI is InChI=1S/C26H31NO7/c1-26(2,3)34-23(31)7-5-4-6-17(28)10-8-16-9-12-19-20(14-16)25(33)27(24(19)32)21-13-11-18(29)15-22(21)30/h9,12,14,21H,4-8,10-11,13,15H2,1-3H3. The van der Waals surface area contributed by atoms with Gasteiger partial charge in [0, 0.05) is 25.7 Å². The number of hydrogen-bond acceptors (Lipinski definition) is 7. The van der Waals surface area contributed by atoms with Crippen molar-refractivity contribution in [2.75, 3.05) is 0 Å². The Labute approximate surface area is 199 Å². The van der Waals surface area contributed by atoms with Crippen molar-refractivity contribution in [3.63, 3.8) is 0 Å². The number of Topliss-reactive ketones (excluding diaryl/α,β-unsaturated/α-hetero) is 3. The van der Waals surface area contributed by atoms with Gasteiger partial charge in [-0.3, -0.25) is 33.7 Å². The summed E-state index contributed by atoms with van der Waals surface area (Å²) in [4.78, 5) is 74.4. The molecule has 1 aromatic carbocycles. The lowest BCUT2D eigenvalue weighted by Gasteiger charge is -2.27. The maximum absolute atomic E-state index is 12.9. The number of rotatable bonds is 9. The fraction of sp³-hybridized carbons (Fsp3) is 0.538. The quantitative estimate of drug-likeness (QED) is 0.236. The van der Waals surface area contributed by atoms with Crippen molar-refractivity contribution in [2.45, 2.75) is 90.2 Å². The molecule has 2 amide bonds. The van der Waals surface area contributed by atoms with E-state index in [1.165, 1.54) is 0 Å². The van der Waals surface area contributed by atoms with Gasteiger partial charge in [0.15, 0.2) is 5.78 Å². The summed E-state index contributed by atoms with van der Waals surface area (Å²) in [5, 5.41) is 0. The number of unbranched alkanes of at least 4 members (excludes halogenated alkanes) is 1. The number of ketones is 3. The number of benzene rings is 1.